The first-order valence-corrected chi connectivity index (χ1v) is 49.6. The molecule has 16 aromatic rings. The topological polar surface area (TPSA) is 13.0 Å². The Morgan fingerprint density at radius 1 is 0.246 bits per heavy atom. The van der Waals surface area contributed by atoms with Crippen molar-refractivity contribution in [2.45, 2.75) is 249 Å². The van der Waals surface area contributed by atoms with Crippen LogP contribution in [0.15, 0.2) is 358 Å². The summed E-state index contributed by atoms with van der Waals surface area (Å²) in [5, 5.41) is 0. The summed E-state index contributed by atoms with van der Waals surface area (Å²) >= 11 is 0. The van der Waals surface area contributed by atoms with Crippen molar-refractivity contribution < 1.29 is 8.22 Å². The Kier molecular flexibility index (Phi) is 23.9. The first-order valence-electron chi connectivity index (χ1n) is 52.7. The Balaban J connectivity index is 0.000000132. The molecule has 1 atom stereocenters. The monoisotopic (exact) mass is 1820 g/mol. The molecule has 0 amide bonds. The van der Waals surface area contributed by atoms with Gasteiger partial charge in [-0.15, -0.1) is 0 Å². The maximum Gasteiger partial charge on any atom is 0.0525 e. The number of para-hydroxylation sites is 4. The highest BCUT2D eigenvalue weighted by Crippen LogP contribution is 2.63. The Bertz CT molecular complexity index is 7240. The Morgan fingerprint density at radius 2 is 0.500 bits per heavy atom. The van der Waals surface area contributed by atoms with Gasteiger partial charge >= 0.3 is 0 Å². The van der Waals surface area contributed by atoms with Gasteiger partial charge in [0, 0.05) is 114 Å². The lowest BCUT2D eigenvalue weighted by molar-refractivity contribution is 0.550. The van der Waals surface area contributed by atoms with Gasteiger partial charge in [0.25, 0.3) is 0 Å². The number of nitrogens with zero attached hydrogens (tertiary/aromatic N) is 4. The molecule has 0 heterocycles. The standard InChI is InChI=1S/2C34H37N.2C33H35N/c2*1-23(2)25-21-22-28-27-18-11-13-19-29(27)34(6,7)31(28)32(25)35(33(3,4)5)30-20-14-12-17-26(30)24-15-9-8-10-16-24;1-22-14-13-18-25(24-15-9-8-10-16-24)30(22)34(32(3,4)5)31-23(2)20-21-27-26-17-11-12-19-28(26)33(6,7)29(27)31;1-7-23-21-22-27-26-18-11-13-19-28(26)33(5,6)30(27)31(23)34(32(2,3)4)29-20-14-12-17-25(29)24-15-9-8-10-16-24/h2*8-23H,1-7H3;8-21H,1-7H3;8-22H,7H2,1-6H3/i2*23D;2D3;7D. The third kappa shape index (κ3) is 17.4. The first-order chi connectivity index (χ1) is 67.8. The van der Waals surface area contributed by atoms with Crippen molar-refractivity contribution in [3.8, 4) is 89.0 Å². The highest BCUT2D eigenvalue weighted by molar-refractivity contribution is 5.99. The maximum absolute atomic E-state index is 9.22. The summed E-state index contributed by atoms with van der Waals surface area (Å²) in [6.07, 6.45) is -0.344. The third-order valence-electron chi connectivity index (χ3n) is 29.0. The van der Waals surface area contributed by atoms with E-state index < -0.39 is 24.2 Å². The molecule has 4 heteroatoms. The summed E-state index contributed by atoms with van der Waals surface area (Å²) in [5.74, 6) is -1.53. The van der Waals surface area contributed by atoms with E-state index in [4.69, 9.17) is 5.48 Å². The zero-order valence-corrected chi connectivity index (χ0v) is 86.4. The van der Waals surface area contributed by atoms with Gasteiger partial charge in [-0.05, 0) is 272 Å². The van der Waals surface area contributed by atoms with Gasteiger partial charge in [-0.1, -0.05) is 430 Å². The summed E-state index contributed by atoms with van der Waals surface area (Å²) in [7, 11) is 0. The first kappa shape index (κ1) is 88.7. The van der Waals surface area contributed by atoms with Gasteiger partial charge < -0.3 is 19.6 Å². The summed E-state index contributed by atoms with van der Waals surface area (Å²) in [6, 6.07) is 127. The molecule has 0 aliphatic heterocycles. The predicted molar refractivity (Wildman–Crippen MR) is 598 cm³/mol. The quantitative estimate of drug-likeness (QED) is 0.101. The molecule has 4 aliphatic rings. The third-order valence-corrected chi connectivity index (χ3v) is 29.0. The average Bonchev–Trinajstić information content (AvgIpc) is 1.51. The number of anilines is 8. The van der Waals surface area contributed by atoms with E-state index in [1.807, 2.05) is 52.8 Å². The minimum Gasteiger partial charge on any atom is -0.335 e. The molecular weight excluding hydrogens is 1670 g/mol. The van der Waals surface area contributed by atoms with Crippen LogP contribution in [0, 0.1) is 13.8 Å². The van der Waals surface area contributed by atoms with Gasteiger partial charge in [0.05, 0.1) is 5.69 Å². The van der Waals surface area contributed by atoms with Gasteiger partial charge in [-0.2, -0.15) is 0 Å². The van der Waals surface area contributed by atoms with Crippen LogP contribution >= 0.6 is 0 Å². The molecule has 16 aromatic carbocycles. The summed E-state index contributed by atoms with van der Waals surface area (Å²) in [4.78, 5) is 9.82. The van der Waals surface area contributed by atoms with Crippen LogP contribution in [0.1, 0.15) is 265 Å². The van der Waals surface area contributed by atoms with Gasteiger partial charge in [0.15, 0.2) is 0 Å². The second-order valence-electron chi connectivity index (χ2n) is 44.6. The SMILES string of the molecule is [2H]C(C)(C)c1ccc2c(c1N(c1ccccc1-c1ccccc1)C(C)(C)C)C(C)(C)c1ccccc1-2.[2H]C(C)(C)c1ccc2c(c1N(c1ccccc1-c1ccccc1)C(C)(C)C)C(C)(C)c1ccccc1-2.[2H]C(C)c1ccc2c(c1N(c1ccccc1-c1ccccc1)C(C)(C)C)C(C)(C)c1ccccc1-2.[2H]C([2H])([2H])c1ccc2c(c1N(c1c(C)cccc1-c1ccccc1)C(C)(C)C)C(C)(C)c1ccccc1-2. The van der Waals surface area contributed by atoms with Crippen LogP contribution in [0.5, 0.6) is 0 Å². The number of benzene rings is 16. The Morgan fingerprint density at radius 3 is 0.804 bits per heavy atom. The van der Waals surface area contributed by atoms with E-state index in [1.165, 1.54) is 145 Å². The molecule has 0 saturated heterocycles. The van der Waals surface area contributed by atoms with Crippen LogP contribution in [0.2, 0.25) is 0 Å². The average molecular weight is 1820 g/mol. The van der Waals surface area contributed by atoms with Crippen LogP contribution in [0.25, 0.3) is 89.0 Å². The number of hydrogen-bond acceptors (Lipinski definition) is 4. The molecule has 0 aromatic heterocycles. The molecule has 20 rings (SSSR count). The molecule has 4 aliphatic carbocycles. The molecule has 0 saturated carbocycles. The van der Waals surface area contributed by atoms with Crippen molar-refractivity contribution in [2.75, 3.05) is 19.6 Å². The fraction of sp³-hybridized carbons (Fsp3) is 0.284. The minimum atomic E-state index is -2.27. The fourth-order valence-corrected chi connectivity index (χ4v) is 23.0. The van der Waals surface area contributed by atoms with E-state index in [0.29, 0.717) is 5.56 Å². The molecule has 4 nitrogen and oxygen atoms in total. The smallest absolute Gasteiger partial charge is 0.0525 e. The maximum atomic E-state index is 9.22. The van der Waals surface area contributed by atoms with E-state index in [1.54, 1.807) is 0 Å². The number of aryl methyl sites for hydroxylation is 3. The van der Waals surface area contributed by atoms with Gasteiger partial charge in [-0.3, -0.25) is 0 Å². The van der Waals surface area contributed by atoms with Crippen LogP contribution in [-0.2, 0) is 28.1 Å². The van der Waals surface area contributed by atoms with E-state index in [2.05, 4.69) is 505 Å². The molecule has 0 radical (unpaired) electrons. The molecule has 138 heavy (non-hydrogen) atoms. The number of hydrogen-bond donors (Lipinski definition) is 0. The molecule has 1 unspecified atom stereocenters. The lowest BCUT2D eigenvalue weighted by atomic mass is 9.78. The molecule has 0 bridgehead atoms. The van der Waals surface area contributed by atoms with E-state index in [9.17, 15) is 2.74 Å². The normalized spacial score (nSPS) is 15.1. The second-order valence-corrected chi connectivity index (χ2v) is 44.6. The highest BCUT2D eigenvalue weighted by atomic mass is 15.2. The zero-order valence-electron chi connectivity index (χ0n) is 92.4. The van der Waals surface area contributed by atoms with Crippen molar-refractivity contribution in [1.82, 2.24) is 0 Å². The molecule has 0 fully saturated rings. The van der Waals surface area contributed by atoms with Gasteiger partial charge in [0.1, 0.15) is 0 Å². The van der Waals surface area contributed by atoms with Gasteiger partial charge in [-0.25, -0.2) is 0 Å². The summed E-state index contributed by atoms with van der Waals surface area (Å²) in [5.41, 5.74) is 41.4. The van der Waals surface area contributed by atoms with E-state index >= 15 is 0 Å². The van der Waals surface area contributed by atoms with Crippen molar-refractivity contribution in [3.05, 3.63) is 430 Å². The fourth-order valence-electron chi connectivity index (χ4n) is 23.0. The Labute approximate surface area is 836 Å². The van der Waals surface area contributed by atoms with Crippen molar-refractivity contribution in [2.24, 2.45) is 0 Å². The van der Waals surface area contributed by atoms with Crippen molar-refractivity contribution in [1.29, 1.82) is 0 Å². The highest BCUT2D eigenvalue weighted by Gasteiger charge is 2.48. The Hall–Kier alpha value is -13.3. The molecule has 0 spiro atoms. The lowest BCUT2D eigenvalue weighted by Gasteiger charge is -2.43. The minimum absolute atomic E-state index is 0.169. The van der Waals surface area contributed by atoms with Crippen LogP contribution in [0.3, 0.4) is 0 Å². The van der Waals surface area contributed by atoms with Crippen molar-refractivity contribution >= 4 is 45.5 Å². The molecule has 700 valence electrons. The lowest BCUT2D eigenvalue weighted by Crippen LogP contribution is -2.40. The number of rotatable bonds is 15. The second kappa shape index (κ2) is 37.2. The molecular formula is C134H144N4. The van der Waals surface area contributed by atoms with Crippen molar-refractivity contribution in [3.63, 3.8) is 0 Å². The van der Waals surface area contributed by atoms with E-state index in [-0.39, 0.29) is 44.7 Å². The molecule has 0 N–H and O–H groups in total. The van der Waals surface area contributed by atoms with Crippen LogP contribution < -0.4 is 19.6 Å². The van der Waals surface area contributed by atoms with Crippen LogP contribution in [-0.4, -0.2) is 22.2 Å². The largest absolute Gasteiger partial charge is 0.335 e. The van der Waals surface area contributed by atoms with Gasteiger partial charge in [0.2, 0.25) is 0 Å². The summed E-state index contributed by atoms with van der Waals surface area (Å²) < 4.78 is 53.1. The van der Waals surface area contributed by atoms with E-state index in [0.717, 1.165) is 55.9 Å². The zero-order chi connectivity index (χ0) is 103. The predicted octanol–water partition coefficient (Wildman–Crippen LogP) is 37.8. The summed E-state index contributed by atoms with van der Waals surface area (Å²) in [6.45, 7) is 55.4. The number of fused-ring (bicyclic) bond motifs is 12. The van der Waals surface area contributed by atoms with Crippen LogP contribution in [0.4, 0.5) is 45.5 Å².